The third kappa shape index (κ3) is 5.17. The maximum absolute atomic E-state index is 11.8. The average molecular weight is 243 g/mol. The Hall–Kier alpha value is -1.10. The van der Waals surface area contributed by atoms with Crippen LogP contribution in [-0.4, -0.2) is 47.7 Å². The Bertz CT molecular complexity index is 259. The van der Waals surface area contributed by atoms with Gasteiger partial charge in [-0.05, 0) is 19.8 Å². The molecule has 98 valence electrons. The van der Waals surface area contributed by atoms with Gasteiger partial charge in [-0.1, -0.05) is 19.3 Å². The lowest BCUT2D eigenvalue weighted by atomic mass is 10.1. The molecule has 0 radical (unpaired) electrons. The minimum absolute atomic E-state index is 0.0972. The Balaban J connectivity index is 2.32. The number of ether oxygens (including phenoxy) is 1. The van der Waals surface area contributed by atoms with Crippen LogP contribution in [0.5, 0.6) is 0 Å². The van der Waals surface area contributed by atoms with E-state index in [1.165, 1.54) is 13.3 Å². The summed E-state index contributed by atoms with van der Waals surface area (Å²) in [6.45, 7) is 2.84. The molecule has 1 rings (SSSR count). The number of carboxylic acids is 1. The second-order valence-corrected chi connectivity index (χ2v) is 4.44. The summed E-state index contributed by atoms with van der Waals surface area (Å²) in [6.07, 6.45) is 4.70. The summed E-state index contributed by atoms with van der Waals surface area (Å²) < 4.78 is 5.00. The van der Waals surface area contributed by atoms with Gasteiger partial charge in [-0.15, -0.1) is 0 Å². The van der Waals surface area contributed by atoms with Gasteiger partial charge in [0.2, 0.25) is 5.91 Å². The highest BCUT2D eigenvalue weighted by Crippen LogP contribution is 2.10. The van der Waals surface area contributed by atoms with Gasteiger partial charge in [0.1, 0.15) is 6.61 Å². The molecule has 0 aliphatic carbocycles. The molecule has 0 spiro atoms. The number of likely N-dealkylation sites (tertiary alicyclic amines) is 1. The zero-order valence-electron chi connectivity index (χ0n) is 10.4. The van der Waals surface area contributed by atoms with Gasteiger partial charge in [0, 0.05) is 13.1 Å². The van der Waals surface area contributed by atoms with E-state index in [0.717, 1.165) is 38.8 Å². The number of amides is 1. The van der Waals surface area contributed by atoms with Crippen LogP contribution in [0.3, 0.4) is 0 Å². The number of hydrogen-bond acceptors (Lipinski definition) is 3. The van der Waals surface area contributed by atoms with Crippen molar-refractivity contribution in [2.45, 2.75) is 45.1 Å². The van der Waals surface area contributed by atoms with Crippen molar-refractivity contribution in [2.24, 2.45) is 0 Å². The highest BCUT2D eigenvalue weighted by molar-refractivity contribution is 5.78. The molecule has 0 aromatic rings. The molecule has 0 aromatic heterocycles. The first-order chi connectivity index (χ1) is 8.11. The summed E-state index contributed by atoms with van der Waals surface area (Å²) in [5, 5.41) is 8.64. The third-order valence-corrected chi connectivity index (χ3v) is 3.01. The van der Waals surface area contributed by atoms with E-state index in [1.54, 1.807) is 4.90 Å². The largest absolute Gasteiger partial charge is 0.479 e. The van der Waals surface area contributed by atoms with Gasteiger partial charge < -0.3 is 14.7 Å². The number of carbonyl (C=O) groups excluding carboxylic acids is 1. The molecular weight excluding hydrogens is 222 g/mol. The van der Waals surface area contributed by atoms with Gasteiger partial charge in [0.15, 0.2) is 6.10 Å². The second kappa shape index (κ2) is 7.27. The number of aliphatic carboxylic acids is 1. The molecule has 1 N–H and O–H groups in total. The van der Waals surface area contributed by atoms with Crippen molar-refractivity contribution in [1.82, 2.24) is 4.90 Å². The Morgan fingerprint density at radius 3 is 2.24 bits per heavy atom. The summed E-state index contributed by atoms with van der Waals surface area (Å²) in [5.74, 6) is -1.13. The van der Waals surface area contributed by atoms with Gasteiger partial charge in [0.05, 0.1) is 0 Å². The molecular formula is C12H21NO4. The van der Waals surface area contributed by atoms with E-state index in [2.05, 4.69) is 0 Å². The van der Waals surface area contributed by atoms with E-state index in [9.17, 15) is 9.59 Å². The SMILES string of the molecule is C[C@H](OCC(=O)N1CCCCCCC1)C(=O)O. The summed E-state index contributed by atoms with van der Waals surface area (Å²) in [7, 11) is 0. The normalized spacial score (nSPS) is 19.2. The van der Waals surface area contributed by atoms with E-state index < -0.39 is 12.1 Å². The zero-order chi connectivity index (χ0) is 12.7. The summed E-state index contributed by atoms with van der Waals surface area (Å²) >= 11 is 0. The lowest BCUT2D eigenvalue weighted by Crippen LogP contribution is -2.37. The minimum atomic E-state index is -1.04. The molecule has 1 atom stereocenters. The van der Waals surface area contributed by atoms with Gasteiger partial charge in [-0.3, -0.25) is 4.79 Å². The summed E-state index contributed by atoms with van der Waals surface area (Å²) in [4.78, 5) is 24.1. The Morgan fingerprint density at radius 1 is 1.18 bits per heavy atom. The Kier molecular flexibility index (Phi) is 5.97. The van der Waals surface area contributed by atoms with Crippen LogP contribution in [0.2, 0.25) is 0 Å². The number of carboxylic acid groups (broad SMARTS) is 1. The van der Waals surface area contributed by atoms with Crippen LogP contribution in [0.4, 0.5) is 0 Å². The Morgan fingerprint density at radius 2 is 1.71 bits per heavy atom. The topological polar surface area (TPSA) is 66.8 Å². The number of carbonyl (C=O) groups is 2. The van der Waals surface area contributed by atoms with Crippen LogP contribution < -0.4 is 0 Å². The van der Waals surface area contributed by atoms with Crippen LogP contribution in [-0.2, 0) is 14.3 Å². The van der Waals surface area contributed by atoms with E-state index in [4.69, 9.17) is 9.84 Å². The molecule has 0 bridgehead atoms. The predicted molar refractivity (Wildman–Crippen MR) is 62.7 cm³/mol. The Labute approximate surface area is 102 Å². The van der Waals surface area contributed by atoms with Crippen LogP contribution in [0.15, 0.2) is 0 Å². The third-order valence-electron chi connectivity index (χ3n) is 3.01. The van der Waals surface area contributed by atoms with Crippen molar-refractivity contribution < 1.29 is 19.4 Å². The molecule has 0 unspecified atom stereocenters. The fraction of sp³-hybridized carbons (Fsp3) is 0.833. The second-order valence-electron chi connectivity index (χ2n) is 4.44. The predicted octanol–water partition coefficient (Wildman–Crippen LogP) is 1.27. The van der Waals surface area contributed by atoms with Crippen LogP contribution in [0, 0.1) is 0 Å². The fourth-order valence-electron chi connectivity index (χ4n) is 1.86. The van der Waals surface area contributed by atoms with Crippen LogP contribution in [0.1, 0.15) is 39.0 Å². The highest BCUT2D eigenvalue weighted by atomic mass is 16.5. The fourth-order valence-corrected chi connectivity index (χ4v) is 1.86. The van der Waals surface area contributed by atoms with Crippen molar-refractivity contribution in [2.75, 3.05) is 19.7 Å². The van der Waals surface area contributed by atoms with E-state index >= 15 is 0 Å². The quantitative estimate of drug-likeness (QED) is 0.807. The monoisotopic (exact) mass is 243 g/mol. The van der Waals surface area contributed by atoms with Crippen molar-refractivity contribution in [3.05, 3.63) is 0 Å². The maximum Gasteiger partial charge on any atom is 0.332 e. The highest BCUT2D eigenvalue weighted by Gasteiger charge is 2.18. The first-order valence-corrected chi connectivity index (χ1v) is 6.23. The average Bonchev–Trinajstić information content (AvgIpc) is 2.24. The molecule has 1 amide bonds. The van der Waals surface area contributed by atoms with E-state index in [0.29, 0.717) is 0 Å². The molecule has 0 aromatic carbocycles. The van der Waals surface area contributed by atoms with Crippen molar-refractivity contribution >= 4 is 11.9 Å². The summed E-state index contributed by atoms with van der Waals surface area (Å²) in [6, 6.07) is 0. The molecule has 1 fully saturated rings. The van der Waals surface area contributed by atoms with E-state index in [-0.39, 0.29) is 12.5 Å². The molecule has 1 aliphatic heterocycles. The number of rotatable bonds is 4. The van der Waals surface area contributed by atoms with Crippen molar-refractivity contribution in [1.29, 1.82) is 0 Å². The molecule has 5 nitrogen and oxygen atoms in total. The molecule has 0 saturated carbocycles. The smallest absolute Gasteiger partial charge is 0.332 e. The van der Waals surface area contributed by atoms with Gasteiger partial charge in [-0.2, -0.15) is 0 Å². The minimum Gasteiger partial charge on any atom is -0.479 e. The van der Waals surface area contributed by atoms with Gasteiger partial charge in [0.25, 0.3) is 0 Å². The molecule has 1 saturated heterocycles. The lowest BCUT2D eigenvalue weighted by Gasteiger charge is -2.25. The van der Waals surface area contributed by atoms with Crippen LogP contribution >= 0.6 is 0 Å². The molecule has 1 aliphatic rings. The zero-order valence-corrected chi connectivity index (χ0v) is 10.4. The first-order valence-electron chi connectivity index (χ1n) is 6.23. The van der Waals surface area contributed by atoms with Crippen molar-refractivity contribution in [3.8, 4) is 0 Å². The molecule has 17 heavy (non-hydrogen) atoms. The number of hydrogen-bond donors (Lipinski definition) is 1. The lowest BCUT2D eigenvalue weighted by molar-refractivity contribution is -0.153. The van der Waals surface area contributed by atoms with Crippen molar-refractivity contribution in [3.63, 3.8) is 0 Å². The standard InChI is InChI=1S/C12H21NO4/c1-10(12(15)16)17-9-11(14)13-7-5-3-2-4-6-8-13/h10H,2-9H2,1H3,(H,15,16)/t10-/m0/s1. The maximum atomic E-state index is 11.8. The van der Waals surface area contributed by atoms with Gasteiger partial charge in [-0.25, -0.2) is 4.79 Å². The summed E-state index contributed by atoms with van der Waals surface area (Å²) in [5.41, 5.74) is 0. The first kappa shape index (κ1) is 14.0. The van der Waals surface area contributed by atoms with Crippen LogP contribution in [0.25, 0.3) is 0 Å². The molecule has 1 heterocycles. The van der Waals surface area contributed by atoms with Gasteiger partial charge >= 0.3 is 5.97 Å². The van der Waals surface area contributed by atoms with E-state index in [1.807, 2.05) is 0 Å². The number of nitrogens with zero attached hydrogens (tertiary/aromatic N) is 1. The molecule has 5 heteroatoms.